The number of aliphatic hydroxyl groups excluding tert-OH is 3. The van der Waals surface area contributed by atoms with Crippen molar-refractivity contribution in [1.82, 2.24) is 5.48 Å². The molecular formula is C4H12N2O4. The summed E-state index contributed by atoms with van der Waals surface area (Å²) in [6.07, 6.45) is -1.54. The van der Waals surface area contributed by atoms with E-state index >= 15 is 0 Å². The molecule has 0 rings (SSSR count). The standard InChI is InChI=1S/C4H12N2O4/c5-4(1-7,2-8)3(9)6-10/h3,6-10H,1-2,5H2. The van der Waals surface area contributed by atoms with Gasteiger partial charge in [-0.1, -0.05) is 0 Å². The molecule has 0 aromatic rings. The normalized spacial score (nSPS) is 15.3. The summed E-state index contributed by atoms with van der Waals surface area (Å²) in [5.74, 6) is 0. The van der Waals surface area contributed by atoms with Crippen LogP contribution in [0.25, 0.3) is 0 Å². The summed E-state index contributed by atoms with van der Waals surface area (Å²) in [7, 11) is 0. The Bertz CT molecular complexity index is 95.3. The number of hydrogen-bond donors (Lipinski definition) is 6. The largest absolute Gasteiger partial charge is 0.394 e. The van der Waals surface area contributed by atoms with Crippen LogP contribution in [0.1, 0.15) is 0 Å². The van der Waals surface area contributed by atoms with E-state index in [2.05, 4.69) is 0 Å². The van der Waals surface area contributed by atoms with Crippen LogP contribution in [-0.2, 0) is 0 Å². The van der Waals surface area contributed by atoms with Gasteiger partial charge in [-0.25, -0.2) is 0 Å². The molecule has 0 spiro atoms. The average molecular weight is 152 g/mol. The van der Waals surface area contributed by atoms with Crippen LogP contribution in [0.15, 0.2) is 0 Å². The van der Waals surface area contributed by atoms with Crippen molar-refractivity contribution in [3.63, 3.8) is 0 Å². The Hall–Kier alpha value is -0.240. The summed E-state index contributed by atoms with van der Waals surface area (Å²) >= 11 is 0. The van der Waals surface area contributed by atoms with E-state index in [1.54, 1.807) is 0 Å². The number of nitrogens with one attached hydrogen (secondary N) is 1. The number of nitrogens with two attached hydrogens (primary N) is 1. The number of rotatable bonds is 4. The first-order chi connectivity index (χ1) is 4.60. The molecule has 0 bridgehead atoms. The molecule has 0 aromatic heterocycles. The fraction of sp³-hybridized carbons (Fsp3) is 1.00. The van der Waals surface area contributed by atoms with E-state index in [-0.39, 0.29) is 0 Å². The molecule has 0 heterocycles. The highest BCUT2D eigenvalue weighted by molar-refractivity contribution is 4.87. The Kier molecular flexibility index (Phi) is 3.72. The molecule has 6 nitrogen and oxygen atoms in total. The van der Waals surface area contributed by atoms with Crippen molar-refractivity contribution >= 4 is 0 Å². The SMILES string of the molecule is NC(CO)(CO)C(O)NO. The van der Waals surface area contributed by atoms with Crippen molar-refractivity contribution in [1.29, 1.82) is 0 Å². The highest BCUT2D eigenvalue weighted by atomic mass is 16.5. The lowest BCUT2D eigenvalue weighted by atomic mass is 10.0. The molecule has 6 heteroatoms. The molecular weight excluding hydrogens is 140 g/mol. The van der Waals surface area contributed by atoms with Gasteiger partial charge in [0, 0.05) is 0 Å². The van der Waals surface area contributed by atoms with Gasteiger partial charge in [-0.2, -0.15) is 5.48 Å². The van der Waals surface area contributed by atoms with E-state index in [1.807, 2.05) is 0 Å². The second kappa shape index (κ2) is 3.81. The summed E-state index contributed by atoms with van der Waals surface area (Å²) in [5.41, 5.74) is 4.99. The van der Waals surface area contributed by atoms with Crippen LogP contribution < -0.4 is 11.2 Å². The maximum Gasteiger partial charge on any atom is 0.149 e. The molecule has 0 amide bonds. The van der Waals surface area contributed by atoms with Gasteiger partial charge in [0.2, 0.25) is 0 Å². The first kappa shape index (κ1) is 9.76. The molecule has 0 saturated heterocycles. The summed E-state index contributed by atoms with van der Waals surface area (Å²) in [6, 6.07) is 0. The van der Waals surface area contributed by atoms with Crippen molar-refractivity contribution in [2.75, 3.05) is 13.2 Å². The third kappa shape index (κ3) is 1.87. The minimum Gasteiger partial charge on any atom is -0.394 e. The quantitative estimate of drug-likeness (QED) is 0.188. The molecule has 62 valence electrons. The fourth-order valence-corrected chi connectivity index (χ4v) is 0.351. The Morgan fingerprint density at radius 3 is 1.90 bits per heavy atom. The van der Waals surface area contributed by atoms with Gasteiger partial charge in [0.15, 0.2) is 0 Å². The summed E-state index contributed by atoms with van der Waals surface area (Å²) < 4.78 is 0. The fourth-order valence-electron chi connectivity index (χ4n) is 0.351. The molecule has 0 aliphatic rings. The van der Waals surface area contributed by atoms with Crippen molar-refractivity contribution < 1.29 is 20.5 Å². The summed E-state index contributed by atoms with van der Waals surface area (Å²) in [6.45, 7) is -1.25. The zero-order chi connectivity index (χ0) is 8.20. The van der Waals surface area contributed by atoms with Gasteiger partial charge in [0.05, 0.1) is 13.2 Å². The molecule has 0 fully saturated rings. The van der Waals surface area contributed by atoms with Crippen molar-refractivity contribution in [3.8, 4) is 0 Å². The Morgan fingerprint density at radius 2 is 1.80 bits per heavy atom. The minimum absolute atomic E-state index is 0.627. The molecule has 0 radical (unpaired) electrons. The zero-order valence-electron chi connectivity index (χ0n) is 5.36. The van der Waals surface area contributed by atoms with Crippen molar-refractivity contribution in [2.45, 2.75) is 11.8 Å². The lowest BCUT2D eigenvalue weighted by Gasteiger charge is -2.28. The molecule has 0 aliphatic heterocycles. The van der Waals surface area contributed by atoms with Gasteiger partial charge in [-0.3, -0.25) is 0 Å². The summed E-state index contributed by atoms with van der Waals surface area (Å²) in [5, 5.41) is 33.9. The van der Waals surface area contributed by atoms with Crippen LogP contribution >= 0.6 is 0 Å². The monoisotopic (exact) mass is 152 g/mol. The highest BCUT2D eigenvalue weighted by Crippen LogP contribution is 2.01. The predicted molar refractivity (Wildman–Crippen MR) is 32.0 cm³/mol. The van der Waals surface area contributed by atoms with Gasteiger partial charge >= 0.3 is 0 Å². The first-order valence-corrected chi connectivity index (χ1v) is 2.69. The molecule has 10 heavy (non-hydrogen) atoms. The minimum atomic E-state index is -1.60. The second-order valence-corrected chi connectivity index (χ2v) is 2.08. The van der Waals surface area contributed by atoms with E-state index in [1.165, 1.54) is 5.48 Å². The zero-order valence-corrected chi connectivity index (χ0v) is 5.36. The number of hydrogen-bond acceptors (Lipinski definition) is 6. The molecule has 1 unspecified atom stereocenters. The molecule has 1 atom stereocenters. The lowest BCUT2D eigenvalue weighted by Crippen LogP contribution is -2.61. The second-order valence-electron chi connectivity index (χ2n) is 2.08. The van der Waals surface area contributed by atoms with Crippen LogP contribution in [-0.4, -0.2) is 45.5 Å². The average Bonchev–Trinajstić information content (AvgIpc) is 2.01. The van der Waals surface area contributed by atoms with Gasteiger partial charge in [-0.15, -0.1) is 0 Å². The van der Waals surface area contributed by atoms with Gasteiger partial charge < -0.3 is 26.3 Å². The third-order valence-corrected chi connectivity index (χ3v) is 1.26. The van der Waals surface area contributed by atoms with E-state index in [0.717, 1.165) is 0 Å². The van der Waals surface area contributed by atoms with E-state index in [0.29, 0.717) is 0 Å². The van der Waals surface area contributed by atoms with Crippen LogP contribution in [0, 0.1) is 0 Å². The van der Waals surface area contributed by atoms with Gasteiger partial charge in [-0.05, 0) is 0 Å². The van der Waals surface area contributed by atoms with Crippen LogP contribution in [0.4, 0.5) is 0 Å². The predicted octanol–water partition coefficient (Wildman–Crippen LogP) is -3.03. The first-order valence-electron chi connectivity index (χ1n) is 2.69. The molecule has 0 aromatic carbocycles. The van der Waals surface area contributed by atoms with Crippen LogP contribution in [0.3, 0.4) is 0 Å². The van der Waals surface area contributed by atoms with Crippen LogP contribution in [0.2, 0.25) is 0 Å². The third-order valence-electron chi connectivity index (χ3n) is 1.26. The number of aliphatic hydroxyl groups is 3. The van der Waals surface area contributed by atoms with E-state index in [9.17, 15) is 0 Å². The maximum absolute atomic E-state index is 8.77. The Labute approximate surface area is 57.9 Å². The highest BCUT2D eigenvalue weighted by Gasteiger charge is 2.32. The molecule has 0 aliphatic carbocycles. The number of hydroxylamine groups is 1. The molecule has 0 saturated carbocycles. The van der Waals surface area contributed by atoms with Gasteiger partial charge in [0.25, 0.3) is 0 Å². The summed E-state index contributed by atoms with van der Waals surface area (Å²) in [4.78, 5) is 0. The Balaban J connectivity index is 4.02. The van der Waals surface area contributed by atoms with Crippen molar-refractivity contribution in [2.24, 2.45) is 5.73 Å². The Morgan fingerprint density at radius 1 is 1.40 bits per heavy atom. The van der Waals surface area contributed by atoms with E-state index in [4.69, 9.17) is 26.3 Å². The molecule has 7 N–H and O–H groups in total. The van der Waals surface area contributed by atoms with E-state index < -0.39 is 25.0 Å². The smallest absolute Gasteiger partial charge is 0.149 e. The van der Waals surface area contributed by atoms with Crippen molar-refractivity contribution in [3.05, 3.63) is 0 Å². The van der Waals surface area contributed by atoms with Gasteiger partial charge in [0.1, 0.15) is 11.8 Å². The lowest BCUT2D eigenvalue weighted by molar-refractivity contribution is -0.0762. The maximum atomic E-state index is 8.77. The van der Waals surface area contributed by atoms with Crippen LogP contribution in [0.5, 0.6) is 0 Å². The topological polar surface area (TPSA) is 119 Å².